The van der Waals surface area contributed by atoms with Crippen LogP contribution in [0.1, 0.15) is 16.7 Å². The van der Waals surface area contributed by atoms with Crippen LogP contribution in [0.4, 0.5) is 13.2 Å². The highest BCUT2D eigenvalue weighted by Gasteiger charge is 2.65. The van der Waals surface area contributed by atoms with E-state index in [1.807, 2.05) is 30.3 Å². The van der Waals surface area contributed by atoms with Crippen LogP contribution in [0.15, 0.2) is 58.8 Å². The zero-order valence-corrected chi connectivity index (χ0v) is 11.2. The molecule has 0 unspecified atom stereocenters. The van der Waals surface area contributed by atoms with Gasteiger partial charge in [0.15, 0.2) is 0 Å². The molecule has 2 aromatic carbocycles. The molecule has 1 heterocycles. The smallest absolute Gasteiger partial charge is 0.442 e. The van der Waals surface area contributed by atoms with E-state index in [0.29, 0.717) is 5.56 Å². The van der Waals surface area contributed by atoms with Crippen LogP contribution in [-0.4, -0.2) is 11.3 Å². The maximum Gasteiger partial charge on any atom is 0.442 e. The number of benzene rings is 2. The van der Waals surface area contributed by atoms with Crippen molar-refractivity contribution in [3.05, 3.63) is 65.2 Å². The fourth-order valence-corrected chi connectivity index (χ4v) is 2.17. The summed E-state index contributed by atoms with van der Waals surface area (Å²) < 4.78 is 39.5. The number of nitrogens with zero attached hydrogens (tertiary/aromatic N) is 2. The molecule has 2 aromatic rings. The molecule has 0 radical (unpaired) electrons. The van der Waals surface area contributed by atoms with Crippen molar-refractivity contribution in [3.8, 4) is 5.75 Å². The molecule has 0 saturated heterocycles. The second kappa shape index (κ2) is 4.98. The molecule has 0 aromatic heterocycles. The Balaban J connectivity index is 2.01. The molecule has 0 atom stereocenters. The Hall–Kier alpha value is -2.63. The Bertz CT molecular complexity index is 746. The summed E-state index contributed by atoms with van der Waals surface area (Å²) >= 11 is 0. The van der Waals surface area contributed by atoms with Crippen LogP contribution in [0, 0.1) is 0 Å². The van der Waals surface area contributed by atoms with Crippen LogP contribution < -0.4 is 0 Å². The van der Waals surface area contributed by atoms with E-state index < -0.39 is 11.8 Å². The summed E-state index contributed by atoms with van der Waals surface area (Å²) in [5.74, 6) is -0.257. The van der Waals surface area contributed by atoms with Gasteiger partial charge in [0.05, 0.1) is 0 Å². The van der Waals surface area contributed by atoms with Crippen LogP contribution in [0.5, 0.6) is 5.75 Å². The van der Waals surface area contributed by atoms with E-state index in [4.69, 9.17) is 0 Å². The van der Waals surface area contributed by atoms with Crippen molar-refractivity contribution in [1.29, 1.82) is 0 Å². The van der Waals surface area contributed by atoms with Gasteiger partial charge in [-0.05, 0) is 23.3 Å². The molecule has 0 bridgehead atoms. The molecular formula is C16H11F3N2O. The van der Waals surface area contributed by atoms with Crippen molar-refractivity contribution >= 4 is 12.2 Å². The highest BCUT2D eigenvalue weighted by molar-refractivity contribution is 5.72. The molecule has 0 saturated carbocycles. The predicted molar refractivity (Wildman–Crippen MR) is 76.1 cm³/mol. The van der Waals surface area contributed by atoms with E-state index >= 15 is 0 Å². The third-order valence-corrected chi connectivity index (χ3v) is 3.36. The van der Waals surface area contributed by atoms with Crippen molar-refractivity contribution in [2.24, 2.45) is 10.2 Å². The highest BCUT2D eigenvalue weighted by Crippen LogP contribution is 2.53. The van der Waals surface area contributed by atoms with Gasteiger partial charge in [-0.2, -0.15) is 13.2 Å². The van der Waals surface area contributed by atoms with Gasteiger partial charge >= 0.3 is 11.8 Å². The number of hydrogen-bond acceptors (Lipinski definition) is 3. The molecule has 6 heteroatoms. The van der Waals surface area contributed by atoms with Crippen molar-refractivity contribution in [3.63, 3.8) is 0 Å². The third kappa shape index (κ3) is 2.47. The van der Waals surface area contributed by atoms with Gasteiger partial charge in [-0.3, -0.25) is 0 Å². The quantitative estimate of drug-likeness (QED) is 0.818. The second-order valence-corrected chi connectivity index (χ2v) is 4.89. The zero-order valence-electron chi connectivity index (χ0n) is 11.2. The Labute approximate surface area is 124 Å². The van der Waals surface area contributed by atoms with Gasteiger partial charge in [0.25, 0.3) is 0 Å². The first kappa shape index (κ1) is 14.3. The lowest BCUT2D eigenvalue weighted by Crippen LogP contribution is -2.30. The molecule has 3 rings (SSSR count). The van der Waals surface area contributed by atoms with E-state index in [2.05, 4.69) is 10.2 Å². The first-order valence-corrected chi connectivity index (χ1v) is 6.50. The summed E-state index contributed by atoms with van der Waals surface area (Å²) in [5, 5.41) is 15.9. The van der Waals surface area contributed by atoms with Gasteiger partial charge in [-0.25, -0.2) is 0 Å². The standard InChI is InChI=1S/C16H11F3N2O/c17-16(18,19)15(20-21-15)14-10-13(22)9-8-12(14)7-6-11-4-2-1-3-5-11/h1-10,22H. The first-order chi connectivity index (χ1) is 10.4. The molecule has 0 amide bonds. The molecule has 0 fully saturated rings. The number of phenols is 1. The van der Waals surface area contributed by atoms with Gasteiger partial charge in [-0.1, -0.05) is 48.6 Å². The molecule has 1 aliphatic rings. The maximum atomic E-state index is 13.2. The van der Waals surface area contributed by atoms with Crippen molar-refractivity contribution in [2.75, 3.05) is 0 Å². The first-order valence-electron chi connectivity index (χ1n) is 6.50. The lowest BCUT2D eigenvalue weighted by atomic mass is 9.95. The molecule has 3 nitrogen and oxygen atoms in total. The molecule has 1 N–H and O–H groups in total. The Morgan fingerprint density at radius 1 is 0.955 bits per heavy atom. The molecule has 22 heavy (non-hydrogen) atoms. The second-order valence-electron chi connectivity index (χ2n) is 4.89. The van der Waals surface area contributed by atoms with Crippen molar-refractivity contribution < 1.29 is 18.3 Å². The number of aromatic hydroxyl groups is 1. The molecular weight excluding hydrogens is 293 g/mol. The summed E-state index contributed by atoms with van der Waals surface area (Å²) in [4.78, 5) is 0. The largest absolute Gasteiger partial charge is 0.508 e. The minimum atomic E-state index is -4.63. The number of hydrogen-bond donors (Lipinski definition) is 1. The number of halogens is 3. The molecule has 0 spiro atoms. The Morgan fingerprint density at radius 2 is 1.64 bits per heavy atom. The minimum absolute atomic E-state index is 0.174. The van der Waals surface area contributed by atoms with E-state index in [-0.39, 0.29) is 11.3 Å². The topological polar surface area (TPSA) is 45.0 Å². The zero-order chi connectivity index (χ0) is 15.8. The summed E-state index contributed by atoms with van der Waals surface area (Å²) in [7, 11) is 0. The van der Waals surface area contributed by atoms with Gasteiger partial charge in [-0.15, -0.1) is 10.2 Å². The van der Waals surface area contributed by atoms with E-state index in [1.165, 1.54) is 12.1 Å². The van der Waals surface area contributed by atoms with Gasteiger partial charge in [0.1, 0.15) is 5.75 Å². The highest BCUT2D eigenvalue weighted by atomic mass is 19.4. The summed E-state index contributed by atoms with van der Waals surface area (Å²) in [6, 6.07) is 13.0. The molecule has 1 aliphatic heterocycles. The van der Waals surface area contributed by atoms with Crippen molar-refractivity contribution in [2.45, 2.75) is 11.8 Å². The van der Waals surface area contributed by atoms with Gasteiger partial charge < -0.3 is 5.11 Å². The summed E-state index contributed by atoms with van der Waals surface area (Å²) in [5.41, 5.74) is -1.56. The summed E-state index contributed by atoms with van der Waals surface area (Å²) in [6.07, 6.45) is -1.38. The lowest BCUT2D eigenvalue weighted by molar-refractivity contribution is -0.166. The van der Waals surface area contributed by atoms with E-state index in [1.54, 1.807) is 12.2 Å². The SMILES string of the molecule is Oc1ccc(C=Cc2ccccc2)c(C2(C(F)(F)F)N=N2)c1. The monoisotopic (exact) mass is 304 g/mol. The van der Waals surface area contributed by atoms with Crippen molar-refractivity contribution in [1.82, 2.24) is 0 Å². The van der Waals surface area contributed by atoms with Crippen LogP contribution in [0.2, 0.25) is 0 Å². The predicted octanol–water partition coefficient (Wildman–Crippen LogP) is 4.74. The average molecular weight is 304 g/mol. The fraction of sp³-hybridized carbons (Fsp3) is 0.125. The van der Waals surface area contributed by atoms with Crippen LogP contribution in [-0.2, 0) is 5.66 Å². The van der Waals surface area contributed by atoms with Gasteiger partial charge in [0.2, 0.25) is 0 Å². The fourth-order valence-electron chi connectivity index (χ4n) is 2.17. The Morgan fingerprint density at radius 3 is 2.23 bits per heavy atom. The normalized spacial score (nSPS) is 16.1. The number of alkyl halides is 3. The lowest BCUT2D eigenvalue weighted by Gasteiger charge is -2.17. The van der Waals surface area contributed by atoms with Gasteiger partial charge in [0, 0.05) is 5.56 Å². The average Bonchev–Trinajstić information content (AvgIpc) is 3.28. The minimum Gasteiger partial charge on any atom is -0.508 e. The van der Waals surface area contributed by atoms with Crippen LogP contribution in [0.3, 0.4) is 0 Å². The maximum absolute atomic E-state index is 13.2. The number of rotatable bonds is 3. The number of phenolic OH excluding ortho intramolecular Hbond substituents is 1. The third-order valence-electron chi connectivity index (χ3n) is 3.36. The Kier molecular flexibility index (Phi) is 3.24. The molecule has 112 valence electrons. The molecule has 0 aliphatic carbocycles. The van der Waals surface area contributed by atoms with Crippen LogP contribution >= 0.6 is 0 Å². The van der Waals surface area contributed by atoms with E-state index in [9.17, 15) is 18.3 Å². The van der Waals surface area contributed by atoms with E-state index in [0.717, 1.165) is 11.6 Å². The van der Waals surface area contributed by atoms with Crippen LogP contribution in [0.25, 0.3) is 12.2 Å². The summed E-state index contributed by atoms with van der Waals surface area (Å²) in [6.45, 7) is 0.